The SMILES string of the molecule is C=CC[C@]1(C)COc2ccc3cc2N(C[C@@H]2CC[C@H]2C(=O)/C=C/C[C@H](C)[C@@H](C)S(=O)(=O)NC3=O)C1. The van der Waals surface area contributed by atoms with E-state index in [1.807, 2.05) is 13.0 Å². The van der Waals surface area contributed by atoms with Gasteiger partial charge in [-0.3, -0.25) is 9.59 Å². The molecule has 7 nitrogen and oxygen atoms in total. The number of allylic oxidation sites excluding steroid dienone is 3. The number of nitrogens with one attached hydrogen (secondary N) is 1. The van der Waals surface area contributed by atoms with Gasteiger partial charge in [-0.2, -0.15) is 0 Å². The number of ketones is 1. The Morgan fingerprint density at radius 3 is 2.71 bits per heavy atom. The van der Waals surface area contributed by atoms with Crippen LogP contribution in [0.5, 0.6) is 5.75 Å². The molecule has 0 unspecified atom stereocenters. The van der Waals surface area contributed by atoms with Gasteiger partial charge in [-0.1, -0.05) is 26.0 Å². The molecule has 35 heavy (non-hydrogen) atoms. The van der Waals surface area contributed by atoms with E-state index in [2.05, 4.69) is 23.1 Å². The van der Waals surface area contributed by atoms with Gasteiger partial charge >= 0.3 is 0 Å². The normalized spacial score (nSPS) is 33.9. The van der Waals surface area contributed by atoms with Gasteiger partial charge in [0.1, 0.15) is 5.75 Å². The second kappa shape index (κ2) is 9.80. The summed E-state index contributed by atoms with van der Waals surface area (Å²) in [6.45, 7) is 11.3. The van der Waals surface area contributed by atoms with E-state index in [-0.39, 0.29) is 34.5 Å². The molecule has 1 aliphatic carbocycles. The standard InChI is InChI=1S/C27H36N2O5S/c1-5-13-27(4)16-29-15-21-9-11-22(21)24(30)8-6-7-18(2)19(3)35(32,33)28-26(31)20-10-12-25(34-17-27)23(29)14-20/h5-6,8,10,12,14,18-19,21-22H,1,7,9,11,13,15-17H2,2-4H3,(H,28,31)/b8-6+/t18-,19+,21-,22+,27-/m0/s1. The van der Waals surface area contributed by atoms with Gasteiger partial charge in [-0.05, 0) is 68.7 Å². The molecule has 1 aromatic carbocycles. The molecule has 0 aromatic heterocycles. The van der Waals surface area contributed by atoms with Crippen molar-refractivity contribution in [2.75, 3.05) is 24.6 Å². The minimum absolute atomic E-state index is 0.0413. The summed E-state index contributed by atoms with van der Waals surface area (Å²) < 4.78 is 34.3. The van der Waals surface area contributed by atoms with E-state index in [9.17, 15) is 18.0 Å². The monoisotopic (exact) mass is 500 g/mol. The van der Waals surface area contributed by atoms with Gasteiger partial charge in [-0.25, -0.2) is 13.1 Å². The van der Waals surface area contributed by atoms with Gasteiger partial charge in [0.25, 0.3) is 5.91 Å². The minimum Gasteiger partial charge on any atom is -0.491 e. The minimum atomic E-state index is -3.90. The predicted octanol–water partition coefficient (Wildman–Crippen LogP) is 4.11. The van der Waals surface area contributed by atoms with Crippen LogP contribution in [0.15, 0.2) is 43.0 Å². The highest BCUT2D eigenvalue weighted by atomic mass is 32.2. The fraction of sp³-hybridized carbons (Fsp3) is 0.556. The van der Waals surface area contributed by atoms with E-state index in [0.717, 1.165) is 24.9 Å². The number of carbonyl (C=O) groups excluding carboxylic acids is 2. The molecule has 1 aromatic rings. The zero-order chi connectivity index (χ0) is 25.4. The highest BCUT2D eigenvalue weighted by Gasteiger charge is 2.40. The molecule has 1 amide bonds. The van der Waals surface area contributed by atoms with Crippen molar-refractivity contribution in [3.05, 3.63) is 48.6 Å². The van der Waals surface area contributed by atoms with E-state index >= 15 is 0 Å². The van der Waals surface area contributed by atoms with E-state index in [1.165, 1.54) is 0 Å². The summed E-state index contributed by atoms with van der Waals surface area (Å²) >= 11 is 0. The quantitative estimate of drug-likeness (QED) is 0.615. The van der Waals surface area contributed by atoms with Crippen LogP contribution in [0.1, 0.15) is 56.8 Å². The second-order valence-electron chi connectivity index (χ2n) is 10.8. The molecule has 1 fully saturated rings. The van der Waals surface area contributed by atoms with Crippen LogP contribution >= 0.6 is 0 Å². The Labute approximate surface area is 208 Å². The third-order valence-electron chi connectivity index (χ3n) is 7.90. The lowest BCUT2D eigenvalue weighted by Gasteiger charge is -2.41. The molecule has 0 radical (unpaired) electrons. The molecule has 2 aliphatic heterocycles. The zero-order valence-corrected chi connectivity index (χ0v) is 21.6. The van der Waals surface area contributed by atoms with Crippen molar-refractivity contribution in [2.24, 2.45) is 23.2 Å². The number of hydrogen-bond donors (Lipinski definition) is 1. The van der Waals surface area contributed by atoms with Gasteiger partial charge < -0.3 is 9.64 Å². The summed E-state index contributed by atoms with van der Waals surface area (Å²) in [5.41, 5.74) is 0.827. The van der Waals surface area contributed by atoms with Crippen LogP contribution in [0.25, 0.3) is 0 Å². The number of nitrogens with zero attached hydrogens (tertiary/aromatic N) is 1. The maximum absolute atomic E-state index is 13.0. The summed E-state index contributed by atoms with van der Waals surface area (Å²) in [6, 6.07) is 5.06. The van der Waals surface area contributed by atoms with Crippen LogP contribution in [0.2, 0.25) is 0 Å². The van der Waals surface area contributed by atoms with Crippen LogP contribution in [0.4, 0.5) is 5.69 Å². The summed E-state index contributed by atoms with van der Waals surface area (Å²) in [5, 5.41) is -0.796. The topological polar surface area (TPSA) is 92.8 Å². The maximum atomic E-state index is 13.0. The van der Waals surface area contributed by atoms with Crippen LogP contribution in [0, 0.1) is 23.2 Å². The number of amides is 1. The van der Waals surface area contributed by atoms with Crippen molar-refractivity contribution in [1.82, 2.24) is 4.72 Å². The van der Waals surface area contributed by atoms with Gasteiger partial charge in [0.2, 0.25) is 10.0 Å². The number of rotatable bonds is 2. The highest BCUT2D eigenvalue weighted by molar-refractivity contribution is 7.90. The number of hydrogen-bond acceptors (Lipinski definition) is 6. The molecule has 4 rings (SSSR count). The van der Waals surface area contributed by atoms with Gasteiger partial charge in [0.15, 0.2) is 5.78 Å². The largest absolute Gasteiger partial charge is 0.491 e. The first-order valence-electron chi connectivity index (χ1n) is 12.4. The Morgan fingerprint density at radius 2 is 2.03 bits per heavy atom. The van der Waals surface area contributed by atoms with E-state index in [1.54, 1.807) is 37.3 Å². The van der Waals surface area contributed by atoms with Crippen molar-refractivity contribution in [3.8, 4) is 5.75 Å². The van der Waals surface area contributed by atoms with Gasteiger partial charge in [0, 0.05) is 30.0 Å². The molecule has 3 aliphatic rings. The molecule has 1 saturated carbocycles. The van der Waals surface area contributed by atoms with Crippen molar-refractivity contribution in [3.63, 3.8) is 0 Å². The highest BCUT2D eigenvalue weighted by Crippen LogP contribution is 2.42. The summed E-state index contributed by atoms with van der Waals surface area (Å²) in [6.07, 6.45) is 8.33. The zero-order valence-electron chi connectivity index (χ0n) is 20.8. The molecule has 5 atom stereocenters. The number of sulfonamides is 1. The molecule has 8 heteroatoms. The van der Waals surface area contributed by atoms with E-state index < -0.39 is 21.2 Å². The fourth-order valence-corrected chi connectivity index (χ4v) is 6.54. The lowest BCUT2D eigenvalue weighted by molar-refractivity contribution is -0.122. The van der Waals surface area contributed by atoms with Crippen molar-refractivity contribution >= 4 is 27.4 Å². The number of ether oxygens (including phenoxy) is 1. The molecule has 0 spiro atoms. The second-order valence-corrected chi connectivity index (χ2v) is 12.8. The summed E-state index contributed by atoms with van der Waals surface area (Å²) in [5.74, 6) is 0.0337. The molecule has 0 saturated heterocycles. The van der Waals surface area contributed by atoms with Gasteiger partial charge in [-0.15, -0.1) is 6.58 Å². The Morgan fingerprint density at radius 1 is 1.26 bits per heavy atom. The average molecular weight is 501 g/mol. The van der Waals surface area contributed by atoms with Crippen LogP contribution in [-0.4, -0.2) is 45.1 Å². The number of anilines is 1. The summed E-state index contributed by atoms with van der Waals surface area (Å²) in [4.78, 5) is 28.2. The molecule has 1 N–H and O–H groups in total. The lowest BCUT2D eigenvalue weighted by atomic mass is 9.70. The van der Waals surface area contributed by atoms with Crippen molar-refractivity contribution < 1.29 is 22.7 Å². The Balaban J connectivity index is 1.76. The molecule has 190 valence electrons. The first-order valence-corrected chi connectivity index (χ1v) is 14.0. The van der Waals surface area contributed by atoms with Crippen molar-refractivity contribution in [1.29, 1.82) is 0 Å². The first-order chi connectivity index (χ1) is 16.5. The third kappa shape index (κ3) is 5.32. The third-order valence-corrected chi connectivity index (χ3v) is 9.81. The maximum Gasteiger partial charge on any atom is 0.264 e. The number of fused-ring (bicyclic) bond motifs is 2. The summed E-state index contributed by atoms with van der Waals surface area (Å²) in [7, 11) is -3.90. The molecule has 2 bridgehead atoms. The Kier molecular flexibility index (Phi) is 7.13. The molecule has 2 heterocycles. The smallest absolute Gasteiger partial charge is 0.264 e. The van der Waals surface area contributed by atoms with E-state index in [4.69, 9.17) is 4.74 Å². The van der Waals surface area contributed by atoms with Crippen LogP contribution < -0.4 is 14.4 Å². The Bertz CT molecular complexity index is 1140. The van der Waals surface area contributed by atoms with E-state index in [0.29, 0.717) is 31.9 Å². The number of benzene rings is 1. The van der Waals surface area contributed by atoms with Crippen LogP contribution in [0.3, 0.4) is 0 Å². The number of carbonyl (C=O) groups is 2. The average Bonchev–Trinajstić information content (AvgIpc) is 2.91. The van der Waals surface area contributed by atoms with Crippen LogP contribution in [-0.2, 0) is 14.8 Å². The fourth-order valence-electron chi connectivity index (χ4n) is 5.25. The predicted molar refractivity (Wildman–Crippen MR) is 137 cm³/mol. The molecular weight excluding hydrogens is 464 g/mol. The molecular formula is C27H36N2O5S. The Hall–Kier alpha value is -2.61. The van der Waals surface area contributed by atoms with Crippen molar-refractivity contribution in [2.45, 2.75) is 51.7 Å². The lowest BCUT2D eigenvalue weighted by Crippen LogP contribution is -2.45. The first kappa shape index (κ1) is 25.5. The van der Waals surface area contributed by atoms with Gasteiger partial charge in [0.05, 0.1) is 17.5 Å².